The molecular weight excluding hydrogens is 200 g/mol. The van der Waals surface area contributed by atoms with Crippen LogP contribution in [0.25, 0.3) is 0 Å². The third-order valence-electron chi connectivity index (χ3n) is 1.43. The first-order valence-electron chi connectivity index (χ1n) is 4.83. The van der Waals surface area contributed by atoms with Crippen LogP contribution in [0.15, 0.2) is 0 Å². The molecule has 6 nitrogen and oxygen atoms in total. The summed E-state index contributed by atoms with van der Waals surface area (Å²) in [5.41, 5.74) is 0. The summed E-state index contributed by atoms with van der Waals surface area (Å²) in [6, 6.07) is -0.261. The predicted octanol–water partition coefficient (Wildman–Crippen LogP) is 0.0428. The van der Waals surface area contributed by atoms with Gasteiger partial charge in [-0.15, -0.1) is 0 Å². The predicted molar refractivity (Wildman–Crippen MR) is 54.7 cm³/mol. The molecule has 0 spiro atoms. The van der Waals surface area contributed by atoms with Crippen molar-refractivity contribution in [3.63, 3.8) is 0 Å². The quantitative estimate of drug-likeness (QED) is 0.526. The van der Waals surface area contributed by atoms with Gasteiger partial charge in [0.1, 0.15) is 6.61 Å². The van der Waals surface area contributed by atoms with Crippen LogP contribution in [-0.2, 0) is 9.53 Å². The van der Waals surface area contributed by atoms with Gasteiger partial charge in [-0.25, -0.2) is 9.59 Å². The first-order chi connectivity index (χ1) is 7.02. The zero-order chi connectivity index (χ0) is 11.7. The van der Waals surface area contributed by atoms with E-state index < -0.39 is 5.97 Å². The van der Waals surface area contributed by atoms with Crippen LogP contribution in [0.2, 0.25) is 0 Å². The van der Waals surface area contributed by atoms with E-state index >= 15 is 0 Å². The van der Waals surface area contributed by atoms with Gasteiger partial charge in [0.05, 0.1) is 6.61 Å². The average molecular weight is 218 g/mol. The number of rotatable bonds is 7. The summed E-state index contributed by atoms with van der Waals surface area (Å²) < 4.78 is 4.73. The van der Waals surface area contributed by atoms with E-state index in [9.17, 15) is 9.59 Å². The number of urea groups is 1. The van der Waals surface area contributed by atoms with Gasteiger partial charge >= 0.3 is 12.0 Å². The van der Waals surface area contributed by atoms with E-state index in [0.717, 1.165) is 0 Å². The maximum Gasteiger partial charge on any atom is 0.329 e. The topological polar surface area (TPSA) is 87.7 Å². The molecule has 0 saturated carbocycles. The zero-order valence-corrected chi connectivity index (χ0v) is 9.08. The number of carboxylic acid groups (broad SMARTS) is 1. The van der Waals surface area contributed by atoms with Crippen molar-refractivity contribution in [2.75, 3.05) is 26.3 Å². The Kier molecular flexibility index (Phi) is 7.35. The normalized spacial score (nSPS) is 10.1. The first kappa shape index (κ1) is 13.7. The van der Waals surface area contributed by atoms with Crippen molar-refractivity contribution in [2.24, 2.45) is 5.92 Å². The summed E-state index contributed by atoms with van der Waals surface area (Å²) in [5.74, 6) is -0.613. The number of carbonyl (C=O) groups excluding carboxylic acids is 1. The summed E-state index contributed by atoms with van der Waals surface area (Å²) in [7, 11) is 0. The van der Waals surface area contributed by atoms with Crippen molar-refractivity contribution >= 4 is 12.0 Å². The second-order valence-electron chi connectivity index (χ2n) is 3.48. The standard InChI is InChI=1S/C9H18N2O4/c1-7(2)5-11-9(14)10-3-4-15-6-8(12)13/h7H,3-6H2,1-2H3,(H,12,13)(H2,10,11,14). The van der Waals surface area contributed by atoms with E-state index in [2.05, 4.69) is 10.6 Å². The van der Waals surface area contributed by atoms with Crippen LogP contribution >= 0.6 is 0 Å². The molecule has 0 aliphatic heterocycles. The van der Waals surface area contributed by atoms with Gasteiger partial charge in [0, 0.05) is 13.1 Å². The van der Waals surface area contributed by atoms with Gasteiger partial charge in [0.15, 0.2) is 0 Å². The van der Waals surface area contributed by atoms with Crippen molar-refractivity contribution in [3.05, 3.63) is 0 Å². The lowest BCUT2D eigenvalue weighted by Crippen LogP contribution is -2.39. The number of nitrogens with one attached hydrogen (secondary N) is 2. The number of amides is 2. The molecule has 2 amide bonds. The number of ether oxygens (including phenoxy) is 1. The third-order valence-corrected chi connectivity index (χ3v) is 1.43. The molecular formula is C9H18N2O4. The van der Waals surface area contributed by atoms with E-state index in [-0.39, 0.29) is 19.2 Å². The van der Waals surface area contributed by atoms with E-state index in [1.54, 1.807) is 0 Å². The van der Waals surface area contributed by atoms with Gasteiger partial charge in [-0.05, 0) is 5.92 Å². The molecule has 0 heterocycles. The highest BCUT2D eigenvalue weighted by molar-refractivity contribution is 5.73. The molecule has 0 aromatic rings. The molecule has 15 heavy (non-hydrogen) atoms. The van der Waals surface area contributed by atoms with Gasteiger partial charge in [-0.3, -0.25) is 0 Å². The highest BCUT2D eigenvalue weighted by Crippen LogP contribution is 1.86. The molecule has 6 heteroatoms. The molecule has 0 atom stereocenters. The Morgan fingerprint density at radius 3 is 2.53 bits per heavy atom. The molecule has 0 saturated heterocycles. The Balaban J connectivity index is 3.28. The van der Waals surface area contributed by atoms with E-state index in [0.29, 0.717) is 19.0 Å². The van der Waals surface area contributed by atoms with E-state index in [1.165, 1.54) is 0 Å². The lowest BCUT2D eigenvalue weighted by Gasteiger charge is -2.09. The molecule has 0 unspecified atom stereocenters. The molecule has 3 N–H and O–H groups in total. The highest BCUT2D eigenvalue weighted by Gasteiger charge is 2.00. The first-order valence-corrected chi connectivity index (χ1v) is 4.83. The number of carboxylic acids is 1. The van der Waals surface area contributed by atoms with Crippen molar-refractivity contribution in [1.82, 2.24) is 10.6 Å². The van der Waals surface area contributed by atoms with Crippen LogP contribution < -0.4 is 10.6 Å². The number of hydrogen-bond acceptors (Lipinski definition) is 3. The Morgan fingerprint density at radius 2 is 2.00 bits per heavy atom. The smallest absolute Gasteiger partial charge is 0.329 e. The Labute approximate surface area is 89.0 Å². The van der Waals surface area contributed by atoms with Gasteiger partial charge in [-0.2, -0.15) is 0 Å². The molecule has 0 aliphatic carbocycles. The van der Waals surface area contributed by atoms with E-state index in [4.69, 9.17) is 9.84 Å². The molecule has 0 fully saturated rings. The van der Waals surface area contributed by atoms with Crippen LogP contribution in [0, 0.1) is 5.92 Å². The van der Waals surface area contributed by atoms with Crippen molar-refractivity contribution < 1.29 is 19.4 Å². The lowest BCUT2D eigenvalue weighted by molar-refractivity contribution is -0.142. The minimum atomic E-state index is -1.01. The zero-order valence-electron chi connectivity index (χ0n) is 9.08. The third kappa shape index (κ3) is 10.6. The molecule has 0 aliphatic rings. The monoisotopic (exact) mass is 218 g/mol. The summed E-state index contributed by atoms with van der Waals surface area (Å²) >= 11 is 0. The molecule has 0 rings (SSSR count). The van der Waals surface area contributed by atoms with Crippen molar-refractivity contribution in [2.45, 2.75) is 13.8 Å². The molecule has 88 valence electrons. The van der Waals surface area contributed by atoms with Crippen molar-refractivity contribution in [1.29, 1.82) is 0 Å². The summed E-state index contributed by atoms with van der Waals surface area (Å²) in [5, 5.41) is 13.4. The second kappa shape index (κ2) is 8.05. The van der Waals surface area contributed by atoms with Crippen LogP contribution in [0.4, 0.5) is 4.79 Å². The van der Waals surface area contributed by atoms with Crippen molar-refractivity contribution in [3.8, 4) is 0 Å². The molecule has 0 aromatic carbocycles. The Bertz CT molecular complexity index is 206. The van der Waals surface area contributed by atoms with Gasteiger partial charge < -0.3 is 20.5 Å². The Morgan fingerprint density at radius 1 is 1.33 bits per heavy atom. The van der Waals surface area contributed by atoms with Gasteiger partial charge in [-0.1, -0.05) is 13.8 Å². The molecule has 0 bridgehead atoms. The fraction of sp³-hybridized carbons (Fsp3) is 0.778. The summed E-state index contributed by atoms with van der Waals surface area (Å²) in [6.07, 6.45) is 0. The van der Waals surface area contributed by atoms with E-state index in [1.807, 2.05) is 13.8 Å². The number of aliphatic carboxylic acids is 1. The highest BCUT2D eigenvalue weighted by atomic mass is 16.5. The van der Waals surface area contributed by atoms with Crippen LogP contribution in [-0.4, -0.2) is 43.4 Å². The SMILES string of the molecule is CC(C)CNC(=O)NCCOCC(=O)O. The van der Waals surface area contributed by atoms with Gasteiger partial charge in [0.2, 0.25) is 0 Å². The maximum atomic E-state index is 11.1. The fourth-order valence-corrected chi connectivity index (χ4v) is 0.756. The van der Waals surface area contributed by atoms with Gasteiger partial charge in [0.25, 0.3) is 0 Å². The number of carbonyl (C=O) groups is 2. The summed E-state index contributed by atoms with van der Waals surface area (Å²) in [4.78, 5) is 21.1. The van der Waals surface area contributed by atoms with Crippen LogP contribution in [0.5, 0.6) is 0 Å². The fourth-order valence-electron chi connectivity index (χ4n) is 0.756. The average Bonchev–Trinajstić information content (AvgIpc) is 2.13. The Hall–Kier alpha value is -1.30. The largest absolute Gasteiger partial charge is 0.480 e. The minimum absolute atomic E-state index is 0.196. The summed E-state index contributed by atoms with van der Waals surface area (Å²) in [6.45, 7) is 4.77. The maximum absolute atomic E-state index is 11.1. The second-order valence-corrected chi connectivity index (χ2v) is 3.48. The van der Waals surface area contributed by atoms with Crippen LogP contribution in [0.3, 0.4) is 0 Å². The molecule has 0 radical (unpaired) electrons. The molecule has 0 aromatic heterocycles. The number of hydrogen-bond donors (Lipinski definition) is 3. The lowest BCUT2D eigenvalue weighted by atomic mass is 10.2. The van der Waals surface area contributed by atoms with Crippen LogP contribution in [0.1, 0.15) is 13.8 Å². The minimum Gasteiger partial charge on any atom is -0.480 e.